The molecule has 6 heteroatoms. The molecule has 4 nitrogen and oxygen atoms in total. The molecule has 1 heterocycles. The third-order valence-electron chi connectivity index (χ3n) is 5.22. The molecule has 1 aromatic heterocycles. The lowest BCUT2D eigenvalue weighted by atomic mass is 9.71. The Kier molecular flexibility index (Phi) is 7.62. The largest absolute Gasteiger partial charge is 0.347 e. The number of amides is 1. The average molecular weight is 394 g/mol. The van der Waals surface area contributed by atoms with Crippen LogP contribution in [-0.4, -0.2) is 17.4 Å². The van der Waals surface area contributed by atoms with E-state index in [0.717, 1.165) is 29.1 Å². The molecule has 1 fully saturated rings. The minimum absolute atomic E-state index is 0. The van der Waals surface area contributed by atoms with E-state index in [1.807, 2.05) is 25.1 Å². The molecule has 1 aliphatic rings. The van der Waals surface area contributed by atoms with Crippen LogP contribution in [0, 0.1) is 5.41 Å². The maximum Gasteiger partial charge on any atom is 0.221 e. The van der Waals surface area contributed by atoms with Crippen LogP contribution in [0.2, 0.25) is 0 Å². The van der Waals surface area contributed by atoms with Gasteiger partial charge < -0.3 is 11.1 Å². The van der Waals surface area contributed by atoms with E-state index in [1.165, 1.54) is 19.3 Å². The van der Waals surface area contributed by atoms with Crippen LogP contribution in [0.15, 0.2) is 35.7 Å². The van der Waals surface area contributed by atoms with Gasteiger partial charge in [-0.2, -0.15) is 0 Å². The molecule has 0 saturated heterocycles. The Morgan fingerprint density at radius 2 is 1.96 bits per heavy atom. The van der Waals surface area contributed by atoms with Gasteiger partial charge in [0.2, 0.25) is 5.91 Å². The Labute approximate surface area is 166 Å². The number of halogens is 1. The van der Waals surface area contributed by atoms with Gasteiger partial charge in [-0.15, -0.1) is 23.7 Å². The van der Waals surface area contributed by atoms with Gasteiger partial charge in [-0.25, -0.2) is 4.98 Å². The summed E-state index contributed by atoms with van der Waals surface area (Å²) in [5, 5.41) is 6.11. The molecule has 1 saturated carbocycles. The van der Waals surface area contributed by atoms with Gasteiger partial charge in [0.05, 0.1) is 11.7 Å². The third-order valence-corrected chi connectivity index (χ3v) is 6.25. The number of nitrogens with one attached hydrogen (secondary N) is 1. The van der Waals surface area contributed by atoms with Crippen molar-refractivity contribution in [1.82, 2.24) is 10.3 Å². The van der Waals surface area contributed by atoms with Crippen molar-refractivity contribution in [3.63, 3.8) is 0 Å². The molecule has 0 bridgehead atoms. The fourth-order valence-corrected chi connectivity index (χ4v) is 4.51. The first-order valence-corrected chi connectivity index (χ1v) is 10.0. The number of benzene rings is 1. The van der Waals surface area contributed by atoms with Crippen LogP contribution in [0.3, 0.4) is 0 Å². The van der Waals surface area contributed by atoms with Crippen molar-refractivity contribution in [3.8, 4) is 11.3 Å². The first-order valence-electron chi connectivity index (χ1n) is 9.12. The Morgan fingerprint density at radius 3 is 2.62 bits per heavy atom. The summed E-state index contributed by atoms with van der Waals surface area (Å²) in [6, 6.07) is 10.0. The summed E-state index contributed by atoms with van der Waals surface area (Å²) in [4.78, 5) is 17.2. The van der Waals surface area contributed by atoms with E-state index >= 15 is 0 Å². The van der Waals surface area contributed by atoms with Crippen LogP contribution >= 0.6 is 23.7 Å². The highest BCUT2D eigenvalue weighted by molar-refractivity contribution is 7.10. The molecule has 0 spiro atoms. The molecule has 142 valence electrons. The normalized spacial score (nSPS) is 17.2. The summed E-state index contributed by atoms with van der Waals surface area (Å²) >= 11 is 1.59. The first kappa shape index (κ1) is 20.9. The van der Waals surface area contributed by atoms with E-state index in [9.17, 15) is 4.79 Å². The highest BCUT2D eigenvalue weighted by atomic mass is 35.5. The van der Waals surface area contributed by atoms with Crippen molar-refractivity contribution in [2.75, 3.05) is 6.54 Å². The fourth-order valence-electron chi connectivity index (χ4n) is 3.68. The standard InChI is InChI=1S/C20H27N3OS.ClH/c1-15(19-23-17(13-25-19)16-8-4-2-5-9-16)22-18(24)12-20(14-21)10-6-3-7-11-20;/h2,4-5,8-9,13,15H,3,6-7,10-12,14,21H2,1H3,(H,22,24);1H. The third kappa shape index (κ3) is 5.06. The van der Waals surface area contributed by atoms with E-state index in [2.05, 4.69) is 22.8 Å². The van der Waals surface area contributed by atoms with Crippen LogP contribution in [0.4, 0.5) is 0 Å². The van der Waals surface area contributed by atoms with Crippen molar-refractivity contribution >= 4 is 29.7 Å². The lowest BCUT2D eigenvalue weighted by molar-refractivity contribution is -0.124. The van der Waals surface area contributed by atoms with Crippen LogP contribution in [0.25, 0.3) is 11.3 Å². The maximum absolute atomic E-state index is 12.5. The van der Waals surface area contributed by atoms with Crippen molar-refractivity contribution in [2.24, 2.45) is 11.1 Å². The Morgan fingerprint density at radius 1 is 1.27 bits per heavy atom. The minimum Gasteiger partial charge on any atom is -0.347 e. The topological polar surface area (TPSA) is 68.0 Å². The Balaban J connectivity index is 0.00000243. The number of nitrogens with two attached hydrogens (primary N) is 1. The summed E-state index contributed by atoms with van der Waals surface area (Å²) in [5.41, 5.74) is 8.08. The van der Waals surface area contributed by atoms with E-state index in [1.54, 1.807) is 11.3 Å². The van der Waals surface area contributed by atoms with E-state index in [0.29, 0.717) is 13.0 Å². The average Bonchev–Trinajstić information content (AvgIpc) is 3.13. The van der Waals surface area contributed by atoms with Gasteiger partial charge >= 0.3 is 0 Å². The van der Waals surface area contributed by atoms with Gasteiger partial charge in [0, 0.05) is 17.4 Å². The lowest BCUT2D eigenvalue weighted by Crippen LogP contribution is -2.39. The molecule has 1 amide bonds. The second kappa shape index (κ2) is 9.49. The van der Waals surface area contributed by atoms with Gasteiger partial charge in [0.15, 0.2) is 0 Å². The number of hydrogen-bond acceptors (Lipinski definition) is 4. The molecule has 1 aliphatic carbocycles. The number of rotatable bonds is 6. The molecule has 3 N–H and O–H groups in total. The zero-order valence-corrected chi connectivity index (χ0v) is 16.9. The number of thiazole rings is 1. The van der Waals surface area contributed by atoms with E-state index in [4.69, 9.17) is 10.7 Å². The summed E-state index contributed by atoms with van der Waals surface area (Å²) < 4.78 is 0. The summed E-state index contributed by atoms with van der Waals surface area (Å²) in [5.74, 6) is 0.0938. The number of carbonyl (C=O) groups is 1. The molecule has 26 heavy (non-hydrogen) atoms. The molecule has 0 aliphatic heterocycles. The highest BCUT2D eigenvalue weighted by Gasteiger charge is 2.33. The molecule has 1 atom stereocenters. The van der Waals surface area contributed by atoms with E-state index in [-0.39, 0.29) is 29.8 Å². The van der Waals surface area contributed by atoms with Crippen molar-refractivity contribution in [3.05, 3.63) is 40.7 Å². The molecule has 1 unspecified atom stereocenters. The predicted octanol–water partition coefficient (Wildman–Crippen LogP) is 4.71. The molecule has 3 rings (SSSR count). The van der Waals surface area contributed by atoms with Crippen molar-refractivity contribution in [1.29, 1.82) is 0 Å². The fraction of sp³-hybridized carbons (Fsp3) is 0.500. The molecule has 1 aromatic carbocycles. The van der Waals surface area contributed by atoms with Gasteiger partial charge in [-0.3, -0.25) is 4.79 Å². The predicted molar refractivity (Wildman–Crippen MR) is 111 cm³/mol. The van der Waals surface area contributed by atoms with Crippen LogP contribution in [0.5, 0.6) is 0 Å². The number of carbonyl (C=O) groups excluding carboxylic acids is 1. The maximum atomic E-state index is 12.5. The van der Waals surface area contributed by atoms with Gasteiger partial charge in [0.25, 0.3) is 0 Å². The molecule has 0 radical (unpaired) electrons. The van der Waals surface area contributed by atoms with Crippen molar-refractivity contribution in [2.45, 2.75) is 51.5 Å². The molecular weight excluding hydrogens is 366 g/mol. The zero-order valence-electron chi connectivity index (χ0n) is 15.2. The number of nitrogens with zero attached hydrogens (tertiary/aromatic N) is 1. The Bertz CT molecular complexity index is 698. The first-order chi connectivity index (χ1) is 12.1. The summed E-state index contributed by atoms with van der Waals surface area (Å²) in [7, 11) is 0. The van der Waals surface area contributed by atoms with Crippen LogP contribution in [-0.2, 0) is 4.79 Å². The number of hydrogen-bond donors (Lipinski definition) is 2. The second-order valence-corrected chi connectivity index (χ2v) is 8.06. The summed E-state index contributed by atoms with van der Waals surface area (Å²) in [6.45, 7) is 2.60. The minimum atomic E-state index is -0.0756. The smallest absolute Gasteiger partial charge is 0.221 e. The quantitative estimate of drug-likeness (QED) is 0.746. The van der Waals surface area contributed by atoms with E-state index < -0.39 is 0 Å². The number of aromatic nitrogens is 1. The van der Waals surface area contributed by atoms with Gasteiger partial charge in [-0.1, -0.05) is 49.6 Å². The second-order valence-electron chi connectivity index (χ2n) is 7.17. The lowest BCUT2D eigenvalue weighted by Gasteiger charge is -2.35. The Hall–Kier alpha value is -1.43. The van der Waals surface area contributed by atoms with Gasteiger partial charge in [-0.05, 0) is 31.7 Å². The highest BCUT2D eigenvalue weighted by Crippen LogP contribution is 2.38. The van der Waals surface area contributed by atoms with Crippen LogP contribution in [0.1, 0.15) is 56.5 Å². The van der Waals surface area contributed by atoms with Gasteiger partial charge in [0.1, 0.15) is 5.01 Å². The van der Waals surface area contributed by atoms with Crippen LogP contribution < -0.4 is 11.1 Å². The molecule has 2 aromatic rings. The summed E-state index contributed by atoms with van der Waals surface area (Å²) in [6.07, 6.45) is 6.31. The van der Waals surface area contributed by atoms with Crippen molar-refractivity contribution < 1.29 is 4.79 Å². The zero-order chi connectivity index (χ0) is 17.7. The monoisotopic (exact) mass is 393 g/mol. The molecular formula is C20H28ClN3OS. The SMILES string of the molecule is CC(NC(=O)CC1(CN)CCCCC1)c1nc(-c2ccccc2)cs1.Cl.